The van der Waals surface area contributed by atoms with E-state index in [-0.39, 0.29) is 18.3 Å². The molecule has 0 spiro atoms. The minimum atomic E-state index is -0.250. The molecule has 146 valence electrons. The highest BCUT2D eigenvalue weighted by Gasteiger charge is 2.29. The summed E-state index contributed by atoms with van der Waals surface area (Å²) in [5.41, 5.74) is 1.52. The van der Waals surface area contributed by atoms with Gasteiger partial charge in [-0.25, -0.2) is 0 Å². The van der Waals surface area contributed by atoms with E-state index < -0.39 is 0 Å². The van der Waals surface area contributed by atoms with Gasteiger partial charge in [0.05, 0.1) is 0 Å². The van der Waals surface area contributed by atoms with Gasteiger partial charge in [-0.3, -0.25) is 9.59 Å². The summed E-state index contributed by atoms with van der Waals surface area (Å²) in [6, 6.07) is 6.50. The number of nitrogens with zero attached hydrogens (tertiary/aromatic N) is 2. The largest absolute Gasteiger partial charge is 0.483 e. The van der Waals surface area contributed by atoms with Crippen LogP contribution < -0.4 is 10.2 Å². The van der Waals surface area contributed by atoms with Crippen molar-refractivity contribution in [1.82, 2.24) is 10.3 Å². The van der Waals surface area contributed by atoms with Crippen molar-refractivity contribution in [1.29, 1.82) is 0 Å². The van der Waals surface area contributed by atoms with E-state index >= 15 is 0 Å². The van der Waals surface area contributed by atoms with E-state index in [1.807, 2.05) is 12.1 Å². The van der Waals surface area contributed by atoms with E-state index in [2.05, 4.69) is 15.2 Å². The first-order valence-corrected chi connectivity index (χ1v) is 9.67. The quantitative estimate of drug-likeness (QED) is 0.775. The molecule has 1 aromatic heterocycles. The number of benzene rings is 1. The highest BCUT2D eigenvalue weighted by atomic mass is 35.5. The van der Waals surface area contributed by atoms with Crippen molar-refractivity contribution in [3.05, 3.63) is 23.2 Å². The van der Waals surface area contributed by atoms with Crippen LogP contribution in [0, 0.1) is 5.92 Å². The molecule has 1 saturated heterocycles. The third-order valence-corrected chi connectivity index (χ3v) is 5.41. The highest BCUT2D eigenvalue weighted by Crippen LogP contribution is 2.28. The number of carbonyl (C=O) groups excluding carboxylic acids is 1. The fourth-order valence-corrected chi connectivity index (χ4v) is 3.91. The van der Waals surface area contributed by atoms with Gasteiger partial charge in [0.1, 0.15) is 5.52 Å². The van der Waals surface area contributed by atoms with Crippen LogP contribution in [0.3, 0.4) is 0 Å². The second-order valence-electron chi connectivity index (χ2n) is 6.97. The first-order valence-electron chi connectivity index (χ1n) is 9.30. The maximum atomic E-state index is 12.4. The lowest BCUT2D eigenvalue weighted by Gasteiger charge is -2.30. The number of carbonyl (C=O) groups is 2. The molecule has 0 radical (unpaired) electrons. The van der Waals surface area contributed by atoms with Gasteiger partial charge in [0, 0.05) is 36.1 Å². The topological polar surface area (TPSA) is 95.7 Å². The van der Waals surface area contributed by atoms with Gasteiger partial charge in [-0.05, 0) is 37.8 Å². The molecule has 1 aliphatic heterocycles. The molecule has 8 heteroatoms. The predicted molar refractivity (Wildman–Crippen MR) is 103 cm³/mol. The van der Waals surface area contributed by atoms with Crippen molar-refractivity contribution in [3.63, 3.8) is 0 Å². The Morgan fingerprint density at radius 3 is 2.59 bits per heavy atom. The van der Waals surface area contributed by atoms with Crippen LogP contribution in [0.2, 0.25) is 5.02 Å². The molecule has 1 aliphatic carbocycles. The van der Waals surface area contributed by atoms with Crippen LogP contribution in [0.25, 0.3) is 11.1 Å². The van der Waals surface area contributed by atoms with Gasteiger partial charge in [0.15, 0.2) is 5.58 Å². The third-order valence-electron chi connectivity index (χ3n) is 5.18. The van der Waals surface area contributed by atoms with Gasteiger partial charge in [0.25, 0.3) is 12.5 Å². The molecule has 0 atom stereocenters. The molecule has 1 amide bonds. The van der Waals surface area contributed by atoms with Crippen LogP contribution in [-0.4, -0.2) is 41.6 Å². The fraction of sp³-hybridized carbons (Fsp3) is 0.526. The third kappa shape index (κ3) is 4.91. The van der Waals surface area contributed by atoms with E-state index in [0.717, 1.165) is 44.3 Å². The molecule has 2 N–H and O–H groups in total. The smallest absolute Gasteiger partial charge is 0.298 e. The van der Waals surface area contributed by atoms with Crippen LogP contribution >= 0.6 is 11.6 Å². The number of fused-ring (bicyclic) bond motifs is 1. The van der Waals surface area contributed by atoms with Crippen molar-refractivity contribution >= 4 is 41.1 Å². The number of carboxylic acid groups (broad SMARTS) is 1. The summed E-state index contributed by atoms with van der Waals surface area (Å²) >= 11 is 5.99. The molecule has 0 unspecified atom stereocenters. The van der Waals surface area contributed by atoms with Crippen molar-refractivity contribution < 1.29 is 19.1 Å². The number of hydrogen-bond acceptors (Lipinski definition) is 5. The summed E-state index contributed by atoms with van der Waals surface area (Å²) in [4.78, 5) is 27.4. The Morgan fingerprint density at radius 2 is 1.93 bits per heavy atom. The van der Waals surface area contributed by atoms with Crippen molar-refractivity contribution in [3.8, 4) is 0 Å². The average molecular weight is 394 g/mol. The summed E-state index contributed by atoms with van der Waals surface area (Å²) in [5.74, 6) is 0.339. The summed E-state index contributed by atoms with van der Waals surface area (Å²) in [5, 5.41) is 10.8. The summed E-state index contributed by atoms with van der Waals surface area (Å²) in [6.07, 6.45) is 6.44. The van der Waals surface area contributed by atoms with Crippen LogP contribution in [0.15, 0.2) is 22.6 Å². The molecule has 1 aromatic carbocycles. The fourth-order valence-electron chi connectivity index (χ4n) is 3.74. The Hall–Kier alpha value is -2.28. The second kappa shape index (κ2) is 9.08. The predicted octanol–water partition coefficient (Wildman–Crippen LogP) is 3.46. The second-order valence-corrected chi connectivity index (χ2v) is 7.40. The van der Waals surface area contributed by atoms with E-state index in [1.54, 1.807) is 6.07 Å². The Morgan fingerprint density at radius 1 is 1.26 bits per heavy atom. The summed E-state index contributed by atoms with van der Waals surface area (Å²) in [6.45, 7) is 1.34. The molecule has 27 heavy (non-hydrogen) atoms. The molecule has 0 bridgehead atoms. The number of piperidine rings is 1. The van der Waals surface area contributed by atoms with Crippen LogP contribution in [0.5, 0.6) is 0 Å². The summed E-state index contributed by atoms with van der Waals surface area (Å²) < 4.78 is 5.82. The number of nitrogens with one attached hydrogen (secondary N) is 1. The lowest BCUT2D eigenvalue weighted by atomic mass is 9.95. The first kappa shape index (κ1) is 19.5. The van der Waals surface area contributed by atoms with E-state index in [1.165, 1.54) is 12.8 Å². The lowest BCUT2D eigenvalue weighted by molar-refractivity contribution is -0.126. The SMILES string of the molecule is O=C(NC1CCCC1)C1CCN(c2nc3ccc(Cl)cc3o2)CC1.O=CO. The van der Waals surface area contributed by atoms with Gasteiger partial charge < -0.3 is 19.7 Å². The zero-order valence-corrected chi connectivity index (χ0v) is 15.8. The number of oxazole rings is 1. The lowest BCUT2D eigenvalue weighted by Crippen LogP contribution is -2.43. The first-order chi connectivity index (χ1) is 13.1. The van der Waals surface area contributed by atoms with Gasteiger partial charge in [-0.1, -0.05) is 24.4 Å². The van der Waals surface area contributed by atoms with E-state index in [9.17, 15) is 4.79 Å². The van der Waals surface area contributed by atoms with Crippen LogP contribution in [0.4, 0.5) is 6.01 Å². The minimum Gasteiger partial charge on any atom is -0.483 e. The van der Waals surface area contributed by atoms with Gasteiger partial charge in [-0.15, -0.1) is 0 Å². The van der Waals surface area contributed by atoms with Crippen molar-refractivity contribution in [2.75, 3.05) is 18.0 Å². The number of amides is 1. The van der Waals surface area contributed by atoms with Crippen LogP contribution in [0.1, 0.15) is 38.5 Å². The molecule has 2 aromatic rings. The average Bonchev–Trinajstić information content (AvgIpc) is 3.31. The van der Waals surface area contributed by atoms with Gasteiger partial charge in [-0.2, -0.15) is 4.98 Å². The Balaban J connectivity index is 0.000000659. The van der Waals surface area contributed by atoms with Gasteiger partial charge >= 0.3 is 0 Å². The van der Waals surface area contributed by atoms with Crippen molar-refractivity contribution in [2.45, 2.75) is 44.6 Å². The molecular weight excluding hydrogens is 370 g/mol. The number of anilines is 1. The number of aromatic nitrogens is 1. The molecule has 4 rings (SSSR count). The monoisotopic (exact) mass is 393 g/mol. The number of rotatable bonds is 3. The molecule has 2 aliphatic rings. The highest BCUT2D eigenvalue weighted by molar-refractivity contribution is 6.31. The normalized spacial score (nSPS) is 18.2. The van der Waals surface area contributed by atoms with Gasteiger partial charge in [0.2, 0.25) is 5.91 Å². The van der Waals surface area contributed by atoms with Crippen LogP contribution in [-0.2, 0) is 9.59 Å². The maximum Gasteiger partial charge on any atom is 0.298 e. The molecule has 2 fully saturated rings. The standard InChI is InChI=1S/C18H22ClN3O2.CH2O2/c19-13-5-6-15-16(11-13)24-18(21-15)22-9-7-12(8-10-22)17(23)20-14-3-1-2-4-14;2-1-3/h5-6,11-12,14H,1-4,7-10H2,(H,20,23);1H,(H,2,3). The zero-order chi connectivity index (χ0) is 19.2. The number of hydrogen-bond donors (Lipinski definition) is 2. The Kier molecular flexibility index (Phi) is 6.55. The molecule has 7 nitrogen and oxygen atoms in total. The minimum absolute atomic E-state index is 0.112. The zero-order valence-electron chi connectivity index (χ0n) is 15.1. The number of halogens is 1. The molecular formula is C19H24ClN3O4. The Labute approximate surface area is 162 Å². The summed E-state index contributed by atoms with van der Waals surface area (Å²) in [7, 11) is 0. The molecule has 1 saturated carbocycles. The maximum absolute atomic E-state index is 12.4. The molecule has 2 heterocycles. The van der Waals surface area contributed by atoms with E-state index in [4.69, 9.17) is 25.9 Å². The van der Waals surface area contributed by atoms with Crippen molar-refractivity contribution in [2.24, 2.45) is 5.92 Å². The van der Waals surface area contributed by atoms with E-state index in [0.29, 0.717) is 22.7 Å². The Bertz CT molecular complexity index is 780.